The molecule has 3 rings (SSSR count). The first-order chi connectivity index (χ1) is 13.7. The van der Waals surface area contributed by atoms with Gasteiger partial charge in [-0.25, -0.2) is 0 Å². The summed E-state index contributed by atoms with van der Waals surface area (Å²) in [7, 11) is 1.88. The second kappa shape index (κ2) is 8.44. The first kappa shape index (κ1) is 21.2. The minimum Gasteiger partial charge on any atom is -0.348 e. The number of rotatable bonds is 7. The zero-order chi connectivity index (χ0) is 21.2. The number of nitrogens with zero attached hydrogens (tertiary/aromatic N) is 2. The Bertz CT molecular complexity index is 844. The van der Waals surface area contributed by atoms with Gasteiger partial charge in [0.1, 0.15) is 5.69 Å². The molecule has 1 aromatic heterocycles. The largest absolute Gasteiger partial charge is 0.348 e. The quantitative estimate of drug-likeness (QED) is 0.778. The van der Waals surface area contributed by atoms with E-state index in [0.717, 1.165) is 25.1 Å². The molecule has 1 aliphatic rings. The number of hydrogen-bond acceptors (Lipinski definition) is 2. The smallest absolute Gasteiger partial charge is 0.268 e. The molecule has 2 heterocycles. The van der Waals surface area contributed by atoms with E-state index >= 15 is 0 Å². The molecule has 1 atom stereocenters. The summed E-state index contributed by atoms with van der Waals surface area (Å²) in [4.78, 5) is 27.1. The van der Waals surface area contributed by atoms with Gasteiger partial charge in [-0.1, -0.05) is 44.2 Å². The van der Waals surface area contributed by atoms with Crippen molar-refractivity contribution in [3.05, 3.63) is 59.4 Å². The summed E-state index contributed by atoms with van der Waals surface area (Å²) in [6, 6.07) is 12.4. The lowest BCUT2D eigenvalue weighted by Gasteiger charge is -2.43. The molecule has 0 saturated carbocycles. The van der Waals surface area contributed by atoms with E-state index in [-0.39, 0.29) is 23.3 Å². The van der Waals surface area contributed by atoms with E-state index in [1.54, 1.807) is 0 Å². The van der Waals surface area contributed by atoms with Crippen molar-refractivity contribution in [2.75, 3.05) is 13.1 Å². The van der Waals surface area contributed by atoms with Crippen LogP contribution in [0.4, 0.5) is 0 Å². The van der Waals surface area contributed by atoms with Gasteiger partial charge in [0.05, 0.1) is 0 Å². The number of likely N-dealkylation sites (tertiary alicyclic amines) is 1. The van der Waals surface area contributed by atoms with Crippen LogP contribution in [0.3, 0.4) is 0 Å². The summed E-state index contributed by atoms with van der Waals surface area (Å²) >= 11 is 0. The molecule has 1 aliphatic heterocycles. The Balaban J connectivity index is 1.45. The second-order valence-electron chi connectivity index (χ2n) is 9.03. The van der Waals surface area contributed by atoms with Gasteiger partial charge in [0.25, 0.3) is 5.91 Å². The van der Waals surface area contributed by atoms with Crippen LogP contribution < -0.4 is 5.32 Å². The standard InChI is InChI=1S/C24H33N3O2/c1-17-12-14-26(5)22(17)23(29)25-18(2)19-15-27(16-19)21(28)11-13-24(3,4)20-9-7-6-8-10-20/h6-10,12,14,18-19H,11,13,15-16H2,1-5H3,(H,25,29). The molecular weight excluding hydrogens is 362 g/mol. The lowest BCUT2D eigenvalue weighted by molar-refractivity contribution is -0.138. The van der Waals surface area contributed by atoms with Gasteiger partial charge < -0.3 is 14.8 Å². The number of carbonyl (C=O) groups is 2. The van der Waals surface area contributed by atoms with Crippen LogP contribution in [0.5, 0.6) is 0 Å². The SMILES string of the molecule is Cc1ccn(C)c1C(=O)NC(C)C1CN(C(=O)CCC(C)(C)c2ccccc2)C1. The van der Waals surface area contributed by atoms with Gasteiger partial charge >= 0.3 is 0 Å². The van der Waals surface area contributed by atoms with E-state index in [4.69, 9.17) is 0 Å². The number of aryl methyl sites for hydroxylation is 2. The van der Waals surface area contributed by atoms with Crippen molar-refractivity contribution in [3.8, 4) is 0 Å². The van der Waals surface area contributed by atoms with Crippen molar-refractivity contribution < 1.29 is 9.59 Å². The average molecular weight is 396 g/mol. The molecule has 0 bridgehead atoms. The van der Waals surface area contributed by atoms with E-state index < -0.39 is 0 Å². The van der Waals surface area contributed by atoms with Crippen molar-refractivity contribution in [1.82, 2.24) is 14.8 Å². The van der Waals surface area contributed by atoms with Gasteiger partial charge in [-0.2, -0.15) is 0 Å². The van der Waals surface area contributed by atoms with Gasteiger partial charge in [-0.15, -0.1) is 0 Å². The summed E-state index contributed by atoms with van der Waals surface area (Å²) in [5.41, 5.74) is 2.92. The van der Waals surface area contributed by atoms with Crippen molar-refractivity contribution >= 4 is 11.8 Å². The first-order valence-electron chi connectivity index (χ1n) is 10.4. The van der Waals surface area contributed by atoms with Crippen LogP contribution in [0.2, 0.25) is 0 Å². The highest BCUT2D eigenvalue weighted by Crippen LogP contribution is 2.29. The van der Waals surface area contributed by atoms with Gasteiger partial charge in [0.15, 0.2) is 0 Å². The fourth-order valence-electron chi connectivity index (χ4n) is 4.03. The molecule has 156 valence electrons. The molecule has 1 fully saturated rings. The number of aromatic nitrogens is 1. The molecule has 0 radical (unpaired) electrons. The Hall–Kier alpha value is -2.56. The maximum Gasteiger partial charge on any atom is 0.268 e. The fourth-order valence-corrected chi connectivity index (χ4v) is 4.03. The Morgan fingerprint density at radius 2 is 1.83 bits per heavy atom. The summed E-state index contributed by atoms with van der Waals surface area (Å²) in [5, 5.41) is 3.11. The topological polar surface area (TPSA) is 54.3 Å². The maximum atomic E-state index is 12.6. The minimum atomic E-state index is -0.0445. The Kier molecular flexibility index (Phi) is 6.15. The number of amides is 2. The average Bonchev–Trinajstić information content (AvgIpc) is 2.98. The van der Waals surface area contributed by atoms with Crippen LogP contribution in [-0.4, -0.2) is 40.4 Å². The van der Waals surface area contributed by atoms with Crippen LogP contribution in [0.1, 0.15) is 55.2 Å². The lowest BCUT2D eigenvalue weighted by atomic mass is 9.80. The molecule has 1 unspecified atom stereocenters. The number of benzene rings is 1. The highest BCUT2D eigenvalue weighted by molar-refractivity contribution is 5.94. The molecule has 2 aromatic rings. The predicted molar refractivity (Wildman–Crippen MR) is 116 cm³/mol. The molecule has 0 spiro atoms. The lowest BCUT2D eigenvalue weighted by Crippen LogP contribution is -2.57. The zero-order valence-corrected chi connectivity index (χ0v) is 18.2. The normalized spacial score (nSPS) is 15.7. The Labute approximate surface area is 174 Å². The highest BCUT2D eigenvalue weighted by atomic mass is 16.2. The highest BCUT2D eigenvalue weighted by Gasteiger charge is 2.35. The predicted octanol–water partition coefficient (Wildman–Crippen LogP) is 3.67. The molecule has 1 aromatic carbocycles. The number of carbonyl (C=O) groups excluding carboxylic acids is 2. The monoisotopic (exact) mass is 395 g/mol. The van der Waals surface area contributed by atoms with Crippen LogP contribution >= 0.6 is 0 Å². The van der Waals surface area contributed by atoms with E-state index in [1.165, 1.54) is 5.56 Å². The third-order valence-electron chi connectivity index (χ3n) is 6.34. The molecule has 0 aliphatic carbocycles. The third-order valence-corrected chi connectivity index (χ3v) is 6.34. The zero-order valence-electron chi connectivity index (χ0n) is 18.2. The molecular formula is C24H33N3O2. The molecule has 2 amide bonds. The summed E-state index contributed by atoms with van der Waals surface area (Å²) in [6.45, 7) is 9.80. The number of hydrogen-bond donors (Lipinski definition) is 1. The number of nitrogens with one attached hydrogen (secondary N) is 1. The van der Waals surface area contributed by atoms with Gasteiger partial charge in [-0.3, -0.25) is 9.59 Å². The van der Waals surface area contributed by atoms with Crippen LogP contribution in [0.15, 0.2) is 42.6 Å². The molecule has 5 heteroatoms. The van der Waals surface area contributed by atoms with E-state index in [9.17, 15) is 9.59 Å². The van der Waals surface area contributed by atoms with Gasteiger partial charge in [0.2, 0.25) is 5.91 Å². The molecule has 29 heavy (non-hydrogen) atoms. The van der Waals surface area contributed by atoms with Gasteiger partial charge in [0, 0.05) is 44.7 Å². The van der Waals surface area contributed by atoms with Crippen LogP contribution in [0.25, 0.3) is 0 Å². The summed E-state index contributed by atoms with van der Waals surface area (Å²) < 4.78 is 1.85. The minimum absolute atomic E-state index is 0.0185. The second-order valence-corrected chi connectivity index (χ2v) is 9.03. The first-order valence-corrected chi connectivity index (χ1v) is 10.4. The van der Waals surface area contributed by atoms with Crippen molar-refractivity contribution in [2.45, 2.75) is 52.0 Å². The Morgan fingerprint density at radius 1 is 1.17 bits per heavy atom. The maximum absolute atomic E-state index is 12.6. The van der Waals surface area contributed by atoms with E-state index in [0.29, 0.717) is 18.0 Å². The summed E-state index contributed by atoms with van der Waals surface area (Å²) in [5.74, 6) is 0.476. The van der Waals surface area contributed by atoms with Crippen molar-refractivity contribution in [3.63, 3.8) is 0 Å². The fraction of sp³-hybridized carbons (Fsp3) is 0.500. The van der Waals surface area contributed by atoms with Crippen molar-refractivity contribution in [1.29, 1.82) is 0 Å². The van der Waals surface area contributed by atoms with E-state index in [1.807, 2.05) is 60.8 Å². The third kappa shape index (κ3) is 4.72. The van der Waals surface area contributed by atoms with Crippen molar-refractivity contribution in [2.24, 2.45) is 13.0 Å². The van der Waals surface area contributed by atoms with Gasteiger partial charge in [-0.05, 0) is 42.9 Å². The van der Waals surface area contributed by atoms with E-state index in [2.05, 4.69) is 31.3 Å². The molecule has 5 nitrogen and oxygen atoms in total. The Morgan fingerprint density at radius 3 is 2.41 bits per heavy atom. The van der Waals surface area contributed by atoms with Crippen LogP contribution in [-0.2, 0) is 17.3 Å². The summed E-state index contributed by atoms with van der Waals surface area (Å²) in [6.07, 6.45) is 3.28. The molecule has 1 saturated heterocycles. The molecule has 1 N–H and O–H groups in total. The van der Waals surface area contributed by atoms with Crippen LogP contribution in [0, 0.1) is 12.8 Å².